The van der Waals surface area contributed by atoms with Crippen LogP contribution in [0.5, 0.6) is 0 Å². The lowest BCUT2D eigenvalue weighted by atomic mass is 10.1. The van der Waals surface area contributed by atoms with Gasteiger partial charge in [-0.25, -0.2) is 4.79 Å². The van der Waals surface area contributed by atoms with E-state index in [4.69, 9.17) is 4.74 Å². The van der Waals surface area contributed by atoms with Gasteiger partial charge in [-0.1, -0.05) is 42.5 Å². The average molecular weight is 366 g/mol. The summed E-state index contributed by atoms with van der Waals surface area (Å²) in [6.07, 6.45) is -5.30. The van der Waals surface area contributed by atoms with E-state index < -0.39 is 29.3 Å². The summed E-state index contributed by atoms with van der Waals surface area (Å²) < 4.78 is 43.6. The van der Waals surface area contributed by atoms with Crippen molar-refractivity contribution in [3.63, 3.8) is 0 Å². The lowest BCUT2D eigenvalue weighted by Crippen LogP contribution is -2.35. The molecule has 0 heterocycles. The molecule has 5 nitrogen and oxygen atoms in total. The second kappa shape index (κ2) is 8.89. The van der Waals surface area contributed by atoms with Gasteiger partial charge >= 0.3 is 12.3 Å². The maximum atomic E-state index is 12.9. The van der Waals surface area contributed by atoms with Gasteiger partial charge in [-0.2, -0.15) is 13.2 Å². The summed E-state index contributed by atoms with van der Waals surface area (Å²) in [6.45, 7) is 0.0804. The van der Waals surface area contributed by atoms with Crippen LogP contribution in [0.15, 0.2) is 54.6 Å². The Morgan fingerprint density at radius 1 is 0.885 bits per heavy atom. The molecule has 0 spiro atoms. The smallest absolute Gasteiger partial charge is 0.417 e. The molecular weight excluding hydrogens is 349 g/mol. The van der Waals surface area contributed by atoms with E-state index in [1.165, 1.54) is 12.1 Å². The van der Waals surface area contributed by atoms with Crippen LogP contribution in [0, 0.1) is 0 Å². The van der Waals surface area contributed by atoms with Crippen molar-refractivity contribution in [2.75, 3.05) is 13.1 Å². The van der Waals surface area contributed by atoms with E-state index in [1.54, 1.807) is 12.1 Å². The van der Waals surface area contributed by atoms with Crippen molar-refractivity contribution in [3.8, 4) is 0 Å². The van der Waals surface area contributed by atoms with Gasteiger partial charge < -0.3 is 15.4 Å². The fraction of sp³-hybridized carbons (Fsp3) is 0.222. The molecular formula is C18H17F3N2O3. The maximum Gasteiger partial charge on any atom is 0.417 e. The van der Waals surface area contributed by atoms with Gasteiger partial charge in [0.2, 0.25) is 0 Å². The number of alkyl halides is 3. The van der Waals surface area contributed by atoms with E-state index >= 15 is 0 Å². The zero-order valence-corrected chi connectivity index (χ0v) is 13.7. The monoisotopic (exact) mass is 366 g/mol. The number of carbonyl (C=O) groups excluding carboxylic acids is 2. The quantitative estimate of drug-likeness (QED) is 0.771. The molecule has 2 amide bonds. The van der Waals surface area contributed by atoms with E-state index in [0.717, 1.165) is 17.7 Å². The molecule has 0 aromatic heterocycles. The van der Waals surface area contributed by atoms with Crippen molar-refractivity contribution < 1.29 is 27.5 Å². The van der Waals surface area contributed by atoms with Crippen LogP contribution in [0.25, 0.3) is 0 Å². The number of carbonyl (C=O) groups is 2. The third kappa shape index (κ3) is 5.80. The van der Waals surface area contributed by atoms with Gasteiger partial charge in [0.05, 0.1) is 11.1 Å². The molecule has 0 aliphatic rings. The van der Waals surface area contributed by atoms with Gasteiger partial charge in [0, 0.05) is 13.1 Å². The predicted octanol–water partition coefficient (Wildman–Crippen LogP) is 3.36. The largest absolute Gasteiger partial charge is 0.445 e. The molecule has 2 N–H and O–H groups in total. The first-order valence-corrected chi connectivity index (χ1v) is 7.77. The molecule has 0 saturated carbocycles. The number of hydrogen-bond acceptors (Lipinski definition) is 3. The van der Waals surface area contributed by atoms with E-state index in [1.807, 2.05) is 18.2 Å². The Hall–Kier alpha value is -3.03. The van der Waals surface area contributed by atoms with Crippen LogP contribution < -0.4 is 10.6 Å². The normalized spacial score (nSPS) is 10.9. The van der Waals surface area contributed by atoms with Crippen LogP contribution in [0.4, 0.5) is 18.0 Å². The highest BCUT2D eigenvalue weighted by atomic mass is 19.4. The summed E-state index contributed by atoms with van der Waals surface area (Å²) in [4.78, 5) is 23.4. The summed E-state index contributed by atoms with van der Waals surface area (Å²) in [6, 6.07) is 13.6. The first-order valence-electron chi connectivity index (χ1n) is 7.77. The summed E-state index contributed by atoms with van der Waals surface area (Å²) in [5.74, 6) is -0.864. The molecule has 0 radical (unpaired) electrons. The van der Waals surface area contributed by atoms with Gasteiger partial charge in [-0.05, 0) is 17.7 Å². The zero-order chi connectivity index (χ0) is 19.0. The summed E-state index contributed by atoms with van der Waals surface area (Å²) in [5, 5.41) is 4.74. The maximum absolute atomic E-state index is 12.9. The first kappa shape index (κ1) is 19.3. The third-order valence-corrected chi connectivity index (χ3v) is 3.37. The van der Waals surface area contributed by atoms with E-state index in [0.29, 0.717) is 0 Å². The standard InChI is InChI=1S/C18H17F3N2O3/c19-18(20,21)15-9-5-4-8-14(15)16(24)22-10-11-23-17(25)26-12-13-6-2-1-3-7-13/h1-9H,10-12H2,(H,22,24)(H,23,25). The molecule has 2 rings (SSSR count). The van der Waals surface area contributed by atoms with Gasteiger partial charge in [0.25, 0.3) is 5.91 Å². The van der Waals surface area contributed by atoms with Crippen molar-refractivity contribution >= 4 is 12.0 Å². The number of ether oxygens (including phenoxy) is 1. The number of hydrogen-bond donors (Lipinski definition) is 2. The van der Waals surface area contributed by atoms with E-state index in [9.17, 15) is 22.8 Å². The topological polar surface area (TPSA) is 67.4 Å². The highest BCUT2D eigenvalue weighted by molar-refractivity contribution is 5.95. The number of halogens is 3. The Labute approximate surface area is 148 Å². The van der Waals surface area contributed by atoms with Crippen molar-refractivity contribution in [2.24, 2.45) is 0 Å². The van der Waals surface area contributed by atoms with Gasteiger partial charge in [-0.3, -0.25) is 4.79 Å². The number of rotatable bonds is 6. The summed E-state index contributed by atoms with van der Waals surface area (Å²) in [7, 11) is 0. The molecule has 0 aliphatic heterocycles. The lowest BCUT2D eigenvalue weighted by molar-refractivity contribution is -0.137. The molecule has 0 bridgehead atoms. The SMILES string of the molecule is O=C(NCCNC(=O)c1ccccc1C(F)(F)F)OCc1ccccc1. The Balaban J connectivity index is 1.74. The summed E-state index contributed by atoms with van der Waals surface area (Å²) in [5.41, 5.74) is -0.654. The fourth-order valence-electron chi connectivity index (χ4n) is 2.14. The van der Waals surface area contributed by atoms with Crippen molar-refractivity contribution in [3.05, 3.63) is 71.3 Å². The minimum Gasteiger partial charge on any atom is -0.445 e. The molecule has 2 aromatic rings. The highest BCUT2D eigenvalue weighted by Gasteiger charge is 2.34. The number of amides is 2. The Kier molecular flexibility index (Phi) is 6.60. The third-order valence-electron chi connectivity index (χ3n) is 3.37. The summed E-state index contributed by atoms with van der Waals surface area (Å²) >= 11 is 0. The highest BCUT2D eigenvalue weighted by Crippen LogP contribution is 2.31. The average Bonchev–Trinajstić information content (AvgIpc) is 2.63. The molecule has 138 valence electrons. The van der Waals surface area contributed by atoms with Crippen LogP contribution in [0.3, 0.4) is 0 Å². The fourth-order valence-corrected chi connectivity index (χ4v) is 2.14. The van der Waals surface area contributed by atoms with Gasteiger partial charge in [0.15, 0.2) is 0 Å². The number of alkyl carbamates (subject to hydrolysis) is 1. The molecule has 0 aliphatic carbocycles. The molecule has 0 unspecified atom stereocenters. The Morgan fingerprint density at radius 3 is 2.19 bits per heavy atom. The minimum atomic E-state index is -4.62. The number of benzene rings is 2. The second-order valence-electron chi connectivity index (χ2n) is 5.29. The molecule has 8 heteroatoms. The molecule has 26 heavy (non-hydrogen) atoms. The Morgan fingerprint density at radius 2 is 1.50 bits per heavy atom. The lowest BCUT2D eigenvalue weighted by Gasteiger charge is -2.13. The van der Waals surface area contributed by atoms with Gasteiger partial charge in [0.1, 0.15) is 6.61 Å². The molecule has 2 aromatic carbocycles. The van der Waals surface area contributed by atoms with Crippen molar-refractivity contribution in [2.45, 2.75) is 12.8 Å². The van der Waals surface area contributed by atoms with Crippen LogP contribution in [0.2, 0.25) is 0 Å². The van der Waals surface area contributed by atoms with Crippen LogP contribution in [-0.2, 0) is 17.5 Å². The minimum absolute atomic E-state index is 0.0214. The van der Waals surface area contributed by atoms with E-state index in [2.05, 4.69) is 10.6 Å². The van der Waals surface area contributed by atoms with Crippen molar-refractivity contribution in [1.82, 2.24) is 10.6 Å². The van der Waals surface area contributed by atoms with Crippen LogP contribution in [0.1, 0.15) is 21.5 Å². The van der Waals surface area contributed by atoms with E-state index in [-0.39, 0.29) is 19.7 Å². The molecule has 0 fully saturated rings. The molecule has 0 saturated heterocycles. The Bertz CT molecular complexity index is 749. The van der Waals surface area contributed by atoms with Crippen molar-refractivity contribution in [1.29, 1.82) is 0 Å². The van der Waals surface area contributed by atoms with Gasteiger partial charge in [-0.15, -0.1) is 0 Å². The predicted molar refractivity (Wildman–Crippen MR) is 88.4 cm³/mol. The number of nitrogens with one attached hydrogen (secondary N) is 2. The van der Waals surface area contributed by atoms with Crippen LogP contribution >= 0.6 is 0 Å². The molecule has 0 atom stereocenters. The first-order chi connectivity index (χ1) is 12.4. The zero-order valence-electron chi connectivity index (χ0n) is 13.7. The van der Waals surface area contributed by atoms with Crippen LogP contribution in [-0.4, -0.2) is 25.1 Å². The second-order valence-corrected chi connectivity index (χ2v) is 5.29.